The average molecular weight is 307 g/mol. The Morgan fingerprint density at radius 1 is 1.27 bits per heavy atom. The molecule has 2 fully saturated rings. The first-order chi connectivity index (χ1) is 10.4. The quantitative estimate of drug-likeness (QED) is 0.931. The summed E-state index contributed by atoms with van der Waals surface area (Å²) in [5.74, 6) is -0.176. The summed E-state index contributed by atoms with van der Waals surface area (Å²) in [6.07, 6.45) is 3.69. The first-order valence-corrected chi connectivity index (χ1v) is 8.22. The third-order valence-corrected chi connectivity index (χ3v) is 5.16. The molecule has 1 N–H and O–H groups in total. The fourth-order valence-corrected chi connectivity index (χ4v) is 4.12. The van der Waals surface area contributed by atoms with Crippen molar-refractivity contribution in [2.24, 2.45) is 5.41 Å². The summed E-state index contributed by atoms with van der Waals surface area (Å²) in [6, 6.07) is 5.16. The molecule has 0 radical (unpaired) electrons. The summed E-state index contributed by atoms with van der Waals surface area (Å²) in [6.45, 7) is 6.91. The van der Waals surface area contributed by atoms with Crippen molar-refractivity contribution in [3.8, 4) is 0 Å². The Balaban J connectivity index is 1.75. The van der Waals surface area contributed by atoms with Gasteiger partial charge in [-0.15, -0.1) is 0 Å². The van der Waals surface area contributed by atoms with Gasteiger partial charge in [-0.2, -0.15) is 0 Å². The second-order valence-electron chi connectivity index (χ2n) is 7.43. The molecule has 4 heteroatoms. The summed E-state index contributed by atoms with van der Waals surface area (Å²) < 4.78 is 20.2. The predicted molar refractivity (Wildman–Crippen MR) is 85.7 cm³/mol. The van der Waals surface area contributed by atoms with Gasteiger partial charge >= 0.3 is 0 Å². The monoisotopic (exact) mass is 307 g/mol. The van der Waals surface area contributed by atoms with Crippen molar-refractivity contribution in [2.45, 2.75) is 45.1 Å². The van der Waals surface area contributed by atoms with Crippen molar-refractivity contribution in [3.05, 3.63) is 29.6 Å². The Morgan fingerprint density at radius 3 is 2.59 bits per heavy atom. The molecule has 2 saturated heterocycles. The van der Waals surface area contributed by atoms with Gasteiger partial charge in [0, 0.05) is 19.7 Å². The van der Waals surface area contributed by atoms with Crippen LogP contribution in [0.25, 0.3) is 0 Å². The van der Waals surface area contributed by atoms with Crippen molar-refractivity contribution in [3.63, 3.8) is 0 Å². The highest BCUT2D eigenvalue weighted by Crippen LogP contribution is 2.47. The molecule has 1 aromatic carbocycles. The SMILES string of the molecule is CC1(C)CC2(CCN(c3c(F)cccc3CCO)CC2)CO1. The predicted octanol–water partition coefficient (Wildman–Crippen LogP) is 3.15. The van der Waals surface area contributed by atoms with Crippen molar-refractivity contribution in [1.82, 2.24) is 0 Å². The van der Waals surface area contributed by atoms with Crippen LogP contribution >= 0.6 is 0 Å². The second kappa shape index (κ2) is 5.82. The largest absolute Gasteiger partial charge is 0.396 e. The van der Waals surface area contributed by atoms with Gasteiger partial charge in [0.25, 0.3) is 0 Å². The smallest absolute Gasteiger partial charge is 0.146 e. The molecule has 22 heavy (non-hydrogen) atoms. The maximum atomic E-state index is 14.3. The van der Waals surface area contributed by atoms with Crippen LogP contribution in [0.15, 0.2) is 18.2 Å². The van der Waals surface area contributed by atoms with E-state index in [-0.39, 0.29) is 23.4 Å². The molecule has 3 rings (SSSR count). The van der Waals surface area contributed by atoms with E-state index in [0.29, 0.717) is 12.1 Å². The molecular weight excluding hydrogens is 281 g/mol. The summed E-state index contributed by atoms with van der Waals surface area (Å²) in [5.41, 5.74) is 1.83. The minimum Gasteiger partial charge on any atom is -0.396 e. The molecule has 0 amide bonds. The lowest BCUT2D eigenvalue weighted by molar-refractivity contribution is 0.0295. The van der Waals surface area contributed by atoms with E-state index >= 15 is 0 Å². The number of halogens is 1. The van der Waals surface area contributed by atoms with Crippen LogP contribution in [0.1, 0.15) is 38.7 Å². The number of rotatable bonds is 3. The third kappa shape index (κ3) is 2.99. The fourth-order valence-electron chi connectivity index (χ4n) is 4.12. The van der Waals surface area contributed by atoms with Crippen LogP contribution in [0.2, 0.25) is 0 Å². The highest BCUT2D eigenvalue weighted by molar-refractivity contribution is 5.55. The summed E-state index contributed by atoms with van der Waals surface area (Å²) >= 11 is 0. The minimum absolute atomic E-state index is 0.0256. The van der Waals surface area contributed by atoms with Gasteiger partial charge in [0.2, 0.25) is 0 Å². The number of benzene rings is 1. The highest BCUT2D eigenvalue weighted by Gasteiger charge is 2.46. The van der Waals surface area contributed by atoms with Gasteiger partial charge in [-0.3, -0.25) is 0 Å². The Morgan fingerprint density at radius 2 is 2.00 bits per heavy atom. The van der Waals surface area contributed by atoms with Crippen LogP contribution < -0.4 is 4.90 Å². The molecular formula is C18H26FNO2. The molecule has 0 unspecified atom stereocenters. The Bertz CT molecular complexity index is 536. The Hall–Kier alpha value is -1.13. The van der Waals surface area contributed by atoms with E-state index in [1.165, 1.54) is 6.07 Å². The number of nitrogens with zero attached hydrogens (tertiary/aromatic N) is 1. The zero-order valence-corrected chi connectivity index (χ0v) is 13.6. The molecule has 122 valence electrons. The van der Waals surface area contributed by atoms with Gasteiger partial charge in [0.05, 0.1) is 17.9 Å². The van der Waals surface area contributed by atoms with Crippen molar-refractivity contribution >= 4 is 5.69 Å². The topological polar surface area (TPSA) is 32.7 Å². The number of ether oxygens (including phenoxy) is 1. The van der Waals surface area contributed by atoms with Crippen LogP contribution in [0.4, 0.5) is 10.1 Å². The van der Waals surface area contributed by atoms with Gasteiger partial charge in [-0.1, -0.05) is 12.1 Å². The maximum Gasteiger partial charge on any atom is 0.146 e. The minimum atomic E-state index is -0.176. The maximum absolute atomic E-state index is 14.3. The van der Waals surface area contributed by atoms with E-state index in [0.717, 1.165) is 44.5 Å². The zero-order chi connectivity index (χ0) is 15.8. The Kier molecular flexibility index (Phi) is 4.17. The number of piperidine rings is 1. The van der Waals surface area contributed by atoms with Crippen LogP contribution in [0, 0.1) is 11.2 Å². The molecule has 0 saturated carbocycles. The lowest BCUT2D eigenvalue weighted by atomic mass is 9.74. The van der Waals surface area contributed by atoms with Gasteiger partial charge in [-0.05, 0) is 56.6 Å². The molecule has 2 aliphatic rings. The molecule has 0 atom stereocenters. The van der Waals surface area contributed by atoms with Crippen molar-refractivity contribution in [1.29, 1.82) is 0 Å². The molecule has 2 aliphatic heterocycles. The van der Waals surface area contributed by atoms with E-state index in [4.69, 9.17) is 4.74 Å². The summed E-state index contributed by atoms with van der Waals surface area (Å²) in [4.78, 5) is 2.15. The number of aliphatic hydroxyl groups is 1. The molecule has 1 aromatic rings. The molecule has 0 aromatic heterocycles. The van der Waals surface area contributed by atoms with Crippen LogP contribution in [-0.2, 0) is 11.2 Å². The lowest BCUT2D eigenvalue weighted by Crippen LogP contribution is -2.41. The zero-order valence-electron chi connectivity index (χ0n) is 13.6. The van der Waals surface area contributed by atoms with E-state index < -0.39 is 0 Å². The van der Waals surface area contributed by atoms with Gasteiger partial charge in [0.1, 0.15) is 5.82 Å². The van der Waals surface area contributed by atoms with Gasteiger partial charge in [0.15, 0.2) is 0 Å². The fraction of sp³-hybridized carbons (Fsp3) is 0.667. The van der Waals surface area contributed by atoms with Crippen LogP contribution in [-0.4, -0.2) is 37.0 Å². The van der Waals surface area contributed by atoms with Crippen LogP contribution in [0.5, 0.6) is 0 Å². The molecule has 0 bridgehead atoms. The number of para-hydroxylation sites is 1. The average Bonchev–Trinajstić information content (AvgIpc) is 2.76. The Labute approximate surface area is 132 Å². The van der Waals surface area contributed by atoms with Gasteiger partial charge in [-0.25, -0.2) is 4.39 Å². The first kappa shape index (κ1) is 15.8. The highest BCUT2D eigenvalue weighted by atomic mass is 19.1. The van der Waals surface area contributed by atoms with Crippen molar-refractivity contribution < 1.29 is 14.2 Å². The van der Waals surface area contributed by atoms with E-state index in [1.54, 1.807) is 6.07 Å². The first-order valence-electron chi connectivity index (χ1n) is 8.22. The molecule has 1 spiro atoms. The van der Waals surface area contributed by atoms with E-state index in [1.807, 2.05) is 6.07 Å². The second-order valence-corrected chi connectivity index (χ2v) is 7.43. The summed E-state index contributed by atoms with van der Waals surface area (Å²) in [7, 11) is 0. The van der Waals surface area contributed by atoms with E-state index in [2.05, 4.69) is 18.7 Å². The number of aliphatic hydroxyl groups excluding tert-OH is 1. The molecule has 0 aliphatic carbocycles. The standard InChI is InChI=1S/C18H26FNO2/c1-17(2)12-18(13-22-17)7-9-20(10-8-18)16-14(6-11-21)4-3-5-15(16)19/h3-5,21H,6-13H2,1-2H3. The third-order valence-electron chi connectivity index (χ3n) is 5.16. The number of hydrogen-bond acceptors (Lipinski definition) is 3. The van der Waals surface area contributed by atoms with E-state index in [9.17, 15) is 9.50 Å². The molecule has 3 nitrogen and oxygen atoms in total. The molecule has 2 heterocycles. The normalized spacial score (nSPS) is 23.2. The lowest BCUT2D eigenvalue weighted by Gasteiger charge is -2.40. The number of anilines is 1. The summed E-state index contributed by atoms with van der Waals surface area (Å²) in [5, 5.41) is 9.20. The number of hydrogen-bond donors (Lipinski definition) is 1. The van der Waals surface area contributed by atoms with Gasteiger partial charge < -0.3 is 14.7 Å². The van der Waals surface area contributed by atoms with Crippen molar-refractivity contribution in [2.75, 3.05) is 31.2 Å². The van der Waals surface area contributed by atoms with Crippen LogP contribution in [0.3, 0.4) is 0 Å².